The Hall–Kier alpha value is -0.460. The summed E-state index contributed by atoms with van der Waals surface area (Å²) in [6.07, 6.45) is 2.51. The molecular weight excluding hydrogens is 366 g/mol. The molecule has 0 aromatic rings. The van der Waals surface area contributed by atoms with E-state index in [1.54, 1.807) is 0 Å². The van der Waals surface area contributed by atoms with Crippen molar-refractivity contribution >= 4 is 28.0 Å². The van der Waals surface area contributed by atoms with Gasteiger partial charge >= 0.3 is 65.1 Å². The van der Waals surface area contributed by atoms with Gasteiger partial charge in [0.15, 0.2) is 0 Å². The number of aliphatic carboxylic acids is 2. The molecule has 0 rings (SSSR count). The van der Waals surface area contributed by atoms with Gasteiger partial charge in [-0.2, -0.15) is 8.42 Å². The van der Waals surface area contributed by atoms with Crippen molar-refractivity contribution in [1.82, 2.24) is 0 Å². The van der Waals surface area contributed by atoms with Gasteiger partial charge in [-0.3, -0.25) is 4.55 Å². The Morgan fingerprint density at radius 2 is 1.29 bits per heavy atom. The normalized spacial score (nSPS) is 8.04. The molecule has 24 heavy (non-hydrogen) atoms. The van der Waals surface area contributed by atoms with Crippen LogP contribution in [0, 0.1) is 0 Å². The van der Waals surface area contributed by atoms with E-state index in [1.807, 2.05) is 0 Å². The van der Waals surface area contributed by atoms with Crippen LogP contribution >= 0.6 is 0 Å². The number of rotatable bonds is 7. The van der Waals surface area contributed by atoms with Crippen LogP contribution in [-0.4, -0.2) is 43.2 Å². The van der Waals surface area contributed by atoms with E-state index in [0.29, 0.717) is 0 Å². The second kappa shape index (κ2) is 22.5. The molecule has 0 aliphatic rings. The molecular formula is C12H16Na2O9S. The molecule has 0 saturated carbocycles. The molecule has 12 heteroatoms. The molecule has 0 aliphatic carbocycles. The third-order valence-electron chi connectivity index (χ3n) is 1.29. The predicted molar refractivity (Wildman–Crippen MR) is 72.6 cm³/mol. The van der Waals surface area contributed by atoms with Crippen LogP contribution in [0.3, 0.4) is 0 Å². The second-order valence-electron chi connectivity index (χ2n) is 3.06. The van der Waals surface area contributed by atoms with Crippen LogP contribution < -0.4 is 69.3 Å². The Kier molecular flexibility index (Phi) is 32.7. The molecule has 0 saturated heterocycles. The van der Waals surface area contributed by atoms with Gasteiger partial charge in [0.25, 0.3) is 10.1 Å². The van der Waals surface area contributed by atoms with Crippen LogP contribution in [0.25, 0.3) is 0 Å². The maximum absolute atomic E-state index is 10.4. The van der Waals surface area contributed by atoms with Crippen LogP contribution in [0.15, 0.2) is 38.0 Å². The summed E-state index contributed by atoms with van der Waals surface area (Å²) < 4.78 is 33.0. The van der Waals surface area contributed by atoms with Gasteiger partial charge in [-0.05, 0) is 18.6 Å². The van der Waals surface area contributed by atoms with E-state index >= 15 is 0 Å². The third-order valence-corrected chi connectivity index (χ3v) is 2.10. The summed E-state index contributed by atoms with van der Waals surface area (Å²) in [6, 6.07) is 0. The molecule has 0 radical (unpaired) electrons. The van der Waals surface area contributed by atoms with E-state index < -0.39 is 33.8 Å². The molecule has 0 aromatic carbocycles. The first-order valence-corrected chi connectivity index (χ1v) is 7.02. The minimum atomic E-state index is -3.95. The first kappa shape index (κ1) is 34.8. The van der Waals surface area contributed by atoms with Crippen molar-refractivity contribution in [3.8, 4) is 0 Å². The third kappa shape index (κ3) is 49.6. The Morgan fingerprint density at radius 1 is 0.958 bits per heavy atom. The van der Waals surface area contributed by atoms with Crippen LogP contribution in [0.4, 0.5) is 0 Å². The van der Waals surface area contributed by atoms with Crippen molar-refractivity contribution in [1.29, 1.82) is 0 Å². The molecule has 0 aromatic heterocycles. The number of hydrogen-bond donors (Lipinski definition) is 1. The van der Waals surface area contributed by atoms with Crippen molar-refractivity contribution in [2.75, 3.05) is 12.4 Å². The number of hydrogen-bond acceptors (Lipinski definition) is 8. The van der Waals surface area contributed by atoms with Crippen LogP contribution in [0.5, 0.6) is 0 Å². The SMILES string of the molecule is C=CC(=O)OCCCS(=O)(=O)O.C=CC(=O)[O-].C=CC(=O)[O-].[Na+].[Na+]. The summed E-state index contributed by atoms with van der Waals surface area (Å²) >= 11 is 0. The number of carboxylic acids is 2. The van der Waals surface area contributed by atoms with Crippen LogP contribution in [-0.2, 0) is 29.2 Å². The number of ether oxygens (including phenoxy) is 1. The molecule has 1 N–H and O–H groups in total. The number of esters is 1. The zero-order valence-corrected chi connectivity index (χ0v) is 18.4. The molecule has 126 valence electrons. The van der Waals surface area contributed by atoms with Crippen molar-refractivity contribution in [3.63, 3.8) is 0 Å². The van der Waals surface area contributed by atoms with Crippen molar-refractivity contribution < 1.29 is 101 Å². The Bertz CT molecular complexity index is 483. The monoisotopic (exact) mass is 382 g/mol. The minimum Gasteiger partial charge on any atom is -0.545 e. The smallest absolute Gasteiger partial charge is 0.545 e. The summed E-state index contributed by atoms with van der Waals surface area (Å²) in [5, 5.41) is 18.3. The number of carboxylic acid groups (broad SMARTS) is 2. The predicted octanol–water partition coefficient (Wildman–Crippen LogP) is -8.15. The summed E-state index contributed by atoms with van der Waals surface area (Å²) in [6.45, 7) is 8.91. The zero-order chi connectivity index (χ0) is 18.2. The molecule has 0 atom stereocenters. The number of carbonyl (C=O) groups excluding carboxylic acids is 3. The van der Waals surface area contributed by atoms with E-state index in [9.17, 15) is 13.2 Å². The topological polar surface area (TPSA) is 161 Å². The maximum atomic E-state index is 10.4. The van der Waals surface area contributed by atoms with Crippen LogP contribution in [0.1, 0.15) is 6.42 Å². The first-order chi connectivity index (χ1) is 9.99. The van der Waals surface area contributed by atoms with E-state index in [0.717, 1.165) is 18.2 Å². The van der Waals surface area contributed by atoms with E-state index in [4.69, 9.17) is 24.4 Å². The standard InChI is InChI=1S/C6H10O5S.2C3H4O2.2Na/c1-2-6(7)11-4-3-5-12(8,9)10;2*1-2-3(4)5;;/h2H,1,3-5H2,(H,8,9,10);2*2H,1H2,(H,4,5);;/q;;;2*+1/p-2. The fraction of sp³-hybridized carbons (Fsp3) is 0.250. The molecule has 9 nitrogen and oxygen atoms in total. The molecule has 0 spiro atoms. The summed E-state index contributed by atoms with van der Waals surface area (Å²) in [5.41, 5.74) is 0. The minimum absolute atomic E-state index is 0. The molecule has 0 amide bonds. The largest absolute Gasteiger partial charge is 1.00 e. The van der Waals surface area contributed by atoms with E-state index in [1.165, 1.54) is 0 Å². The Labute approximate surface area is 184 Å². The summed E-state index contributed by atoms with van der Waals surface area (Å²) in [4.78, 5) is 28.7. The Balaban J connectivity index is -0.0000000847. The van der Waals surface area contributed by atoms with E-state index in [-0.39, 0.29) is 72.1 Å². The van der Waals surface area contributed by atoms with E-state index in [2.05, 4.69) is 24.5 Å². The van der Waals surface area contributed by atoms with Crippen molar-refractivity contribution in [2.45, 2.75) is 6.42 Å². The number of carbonyl (C=O) groups is 3. The van der Waals surface area contributed by atoms with Gasteiger partial charge in [0.05, 0.1) is 24.3 Å². The summed E-state index contributed by atoms with van der Waals surface area (Å²) in [7, 11) is -3.95. The fourth-order valence-electron chi connectivity index (χ4n) is 0.473. The van der Waals surface area contributed by atoms with Gasteiger partial charge in [-0.1, -0.05) is 19.7 Å². The van der Waals surface area contributed by atoms with Gasteiger partial charge in [0.1, 0.15) is 0 Å². The van der Waals surface area contributed by atoms with Gasteiger partial charge in [-0.15, -0.1) is 0 Å². The summed E-state index contributed by atoms with van der Waals surface area (Å²) in [5.74, 6) is -3.47. The average Bonchev–Trinajstić information content (AvgIpc) is 2.43. The second-order valence-corrected chi connectivity index (χ2v) is 4.63. The molecule has 0 heterocycles. The fourth-order valence-corrected chi connectivity index (χ4v) is 0.956. The van der Waals surface area contributed by atoms with Crippen molar-refractivity contribution in [2.24, 2.45) is 0 Å². The van der Waals surface area contributed by atoms with Gasteiger partial charge in [-0.25, -0.2) is 4.79 Å². The molecule has 0 unspecified atom stereocenters. The Morgan fingerprint density at radius 3 is 1.50 bits per heavy atom. The van der Waals surface area contributed by atoms with Crippen molar-refractivity contribution in [3.05, 3.63) is 38.0 Å². The molecule has 0 aliphatic heterocycles. The maximum Gasteiger partial charge on any atom is 1.00 e. The quantitative estimate of drug-likeness (QED) is 0.148. The molecule has 0 fully saturated rings. The van der Waals surface area contributed by atoms with Crippen LogP contribution in [0.2, 0.25) is 0 Å². The van der Waals surface area contributed by atoms with Gasteiger partial charge in [0.2, 0.25) is 0 Å². The average molecular weight is 382 g/mol. The zero-order valence-electron chi connectivity index (χ0n) is 13.6. The van der Waals surface area contributed by atoms with Gasteiger partial charge in [0, 0.05) is 6.08 Å². The first-order valence-electron chi connectivity index (χ1n) is 5.41. The molecule has 0 bridgehead atoms. The van der Waals surface area contributed by atoms with Gasteiger partial charge < -0.3 is 24.5 Å².